The summed E-state index contributed by atoms with van der Waals surface area (Å²) in [6.07, 6.45) is -0.973. The number of aromatic nitrogens is 3. The Morgan fingerprint density at radius 1 is 1.03 bits per heavy atom. The third-order valence-corrected chi connectivity index (χ3v) is 14.9. The number of ketones is 1. The zero-order valence-electron chi connectivity index (χ0n) is 40.4. The fourth-order valence-corrected chi connectivity index (χ4v) is 10.9. The van der Waals surface area contributed by atoms with E-state index in [1.54, 1.807) is 36.1 Å². The minimum atomic E-state index is -1.84. The summed E-state index contributed by atoms with van der Waals surface area (Å²) < 4.78 is 34.3. The number of oxime groups is 1. The molecule has 3 saturated heterocycles. The van der Waals surface area contributed by atoms with E-state index in [2.05, 4.69) is 15.2 Å². The van der Waals surface area contributed by atoms with Crippen molar-refractivity contribution in [1.29, 1.82) is 0 Å². The van der Waals surface area contributed by atoms with Crippen molar-refractivity contribution in [3.63, 3.8) is 0 Å². The van der Waals surface area contributed by atoms with Gasteiger partial charge in [0.2, 0.25) is 6.10 Å². The molecule has 3 aromatic heterocycles. The van der Waals surface area contributed by atoms with Crippen LogP contribution >= 0.6 is 11.3 Å². The minimum Gasteiger partial charge on any atom is -0.459 e. The molecule has 1 amide bonds. The molecule has 0 radical (unpaired) electrons. The van der Waals surface area contributed by atoms with Gasteiger partial charge in [-0.15, -0.1) is 11.3 Å². The lowest BCUT2D eigenvalue weighted by molar-refractivity contribution is -0.296. The van der Waals surface area contributed by atoms with Crippen LogP contribution in [0.15, 0.2) is 58.3 Å². The van der Waals surface area contributed by atoms with Crippen LogP contribution in [0.5, 0.6) is 0 Å². The number of ether oxygens (including phenoxy) is 5. The van der Waals surface area contributed by atoms with E-state index in [4.69, 9.17) is 33.5 Å². The first-order valence-corrected chi connectivity index (χ1v) is 24.4. The molecule has 14 atom stereocenters. The van der Waals surface area contributed by atoms with Crippen LogP contribution in [0.25, 0.3) is 16.4 Å². The van der Waals surface area contributed by atoms with Gasteiger partial charge in [0.05, 0.1) is 42.0 Å². The highest BCUT2D eigenvalue weighted by atomic mass is 32.1. The number of hydrogen-bond donors (Lipinski definition) is 2. The van der Waals surface area contributed by atoms with E-state index in [1.807, 2.05) is 88.6 Å². The zero-order chi connectivity index (χ0) is 48.4. The second-order valence-corrected chi connectivity index (χ2v) is 20.4. The van der Waals surface area contributed by atoms with Gasteiger partial charge in [-0.05, 0) is 115 Å². The lowest BCUT2D eigenvalue weighted by Gasteiger charge is -2.47. The molecule has 7 heterocycles. The molecule has 7 rings (SSSR count). The fraction of sp³-hybridized carbons (Fsp3) is 0.653. The van der Waals surface area contributed by atoms with Gasteiger partial charge in [-0.25, -0.2) is 14.7 Å². The predicted octanol–water partition coefficient (Wildman–Crippen LogP) is 5.62. The van der Waals surface area contributed by atoms with Crippen molar-refractivity contribution in [2.75, 3.05) is 27.3 Å². The van der Waals surface area contributed by atoms with Crippen LogP contribution < -0.4 is 0 Å². The summed E-state index contributed by atoms with van der Waals surface area (Å²) in [6.45, 7) is 13.5. The summed E-state index contributed by atoms with van der Waals surface area (Å²) in [5.74, 6) is -4.73. The average molecular weight is 949 g/mol. The highest BCUT2D eigenvalue weighted by Crippen LogP contribution is 2.40. The number of aliphatic hydroxyl groups is 2. The molecular formula is C49H68N6O11S. The Bertz CT molecular complexity index is 2250. The number of amides is 1. The van der Waals surface area contributed by atoms with Crippen molar-refractivity contribution in [3.8, 4) is 16.4 Å². The van der Waals surface area contributed by atoms with Crippen LogP contribution in [0.1, 0.15) is 93.1 Å². The normalized spacial score (nSPS) is 36.6. The standard InChI is InChI=1S/C49H68N6O11S/c1-11-38-49(8,60)44-29(4)40-27(2)23-48(7,43(30(5)41(56)31(6)46(59)64-38)65-47-42(57)35(54(9)10)22-28(3)63-47)62-26-33(25-61-44)53-66-36(45(58)51-40)15-12-14-32-17-18-39(50-24-32)55-20-19-34(52-55)37-16-13-21-67-37/h13,16-21,24,27-31,35-36,38,42-44,47,57,60H,11-12,14-15,22-23,25-26H2,1-10H3/b51-40?,53-33+/t27-,28-,29-,30+,31-,35+,36?,38-,42-,43-,44+,47+,48-,49-/m1/s1. The Morgan fingerprint density at radius 3 is 2.49 bits per heavy atom. The molecule has 0 saturated carbocycles. The molecular weight excluding hydrogens is 881 g/mol. The first-order chi connectivity index (χ1) is 31.8. The van der Waals surface area contributed by atoms with Crippen LogP contribution in [0.2, 0.25) is 0 Å². The molecule has 0 aromatic carbocycles. The first-order valence-electron chi connectivity index (χ1n) is 23.6. The maximum absolute atomic E-state index is 14.5. The van der Waals surface area contributed by atoms with Crippen LogP contribution in [0, 0.1) is 23.7 Å². The molecule has 2 N–H and O–H groups in total. The summed E-state index contributed by atoms with van der Waals surface area (Å²) in [4.78, 5) is 61.6. The number of rotatable bonds is 10. The van der Waals surface area contributed by atoms with Gasteiger partial charge in [-0.3, -0.25) is 14.4 Å². The fourth-order valence-electron chi connectivity index (χ4n) is 10.2. The summed E-state index contributed by atoms with van der Waals surface area (Å²) in [7, 11) is 3.75. The number of aliphatic hydroxyl groups excluding tert-OH is 1. The number of Topliss-reactive ketones (excluding diaryl/α,β-unsaturated/α-hetero) is 1. The lowest BCUT2D eigenvalue weighted by atomic mass is 9.73. The number of aryl methyl sites for hydroxylation is 1. The third-order valence-electron chi connectivity index (χ3n) is 14.0. The van der Waals surface area contributed by atoms with Gasteiger partial charge in [-0.1, -0.05) is 45.0 Å². The summed E-state index contributed by atoms with van der Waals surface area (Å²) in [5, 5.41) is 35.4. The van der Waals surface area contributed by atoms with Crippen molar-refractivity contribution in [2.45, 2.75) is 154 Å². The van der Waals surface area contributed by atoms with Gasteiger partial charge in [0, 0.05) is 36.0 Å². The Morgan fingerprint density at radius 2 is 1.81 bits per heavy atom. The van der Waals surface area contributed by atoms with Gasteiger partial charge in [0.15, 0.2) is 17.9 Å². The Labute approximate surface area is 397 Å². The molecule has 17 nitrogen and oxygen atoms in total. The number of nitrogens with zero attached hydrogens (tertiary/aromatic N) is 6. The van der Waals surface area contributed by atoms with Crippen molar-refractivity contribution in [2.24, 2.45) is 33.8 Å². The Kier molecular flexibility index (Phi) is 16.0. The van der Waals surface area contributed by atoms with Gasteiger partial charge in [-0.2, -0.15) is 5.10 Å². The second-order valence-electron chi connectivity index (χ2n) is 19.5. The molecule has 0 spiro atoms. The highest BCUT2D eigenvalue weighted by Gasteiger charge is 2.53. The SMILES string of the molecule is CC[C@H]1OC(=O)[C@H](C)C(=O)[C@H](C)[C@@H](O[C@@H]2O[C@H](C)C[C@H](N(C)C)[C@H]2O)[C@@]2(C)C[C@@H](C)C3=NC(=O)C(CCCc4ccc(-n5ccc(-c6cccs6)n5)nc4)O/N=C(\CO[C@@H]([C@@H]3C)[C@]1(C)O)CO2. The molecule has 4 aliphatic rings. The molecule has 1 unspecified atom stereocenters. The van der Waals surface area contributed by atoms with Gasteiger partial charge in [0.25, 0.3) is 5.91 Å². The highest BCUT2D eigenvalue weighted by molar-refractivity contribution is 7.13. The quantitative estimate of drug-likeness (QED) is 0.187. The molecule has 67 heavy (non-hydrogen) atoms. The van der Waals surface area contributed by atoms with Crippen LogP contribution in [-0.2, 0) is 49.3 Å². The van der Waals surface area contributed by atoms with E-state index in [1.165, 1.54) is 13.8 Å². The lowest BCUT2D eigenvalue weighted by Crippen LogP contribution is -2.60. The topological polar surface area (TPSA) is 206 Å². The van der Waals surface area contributed by atoms with Crippen molar-refractivity contribution in [3.05, 3.63) is 53.7 Å². The van der Waals surface area contributed by atoms with E-state index in [9.17, 15) is 24.6 Å². The number of fused-ring (bicyclic) bond motifs is 4. The number of likely N-dealkylation sites (N-methyl/N-ethyl adjacent to an activating group) is 1. The molecule has 3 aromatic rings. The van der Waals surface area contributed by atoms with Gasteiger partial charge in [0.1, 0.15) is 35.1 Å². The molecule has 366 valence electrons. The molecule has 3 fully saturated rings. The molecule has 18 heteroatoms. The van der Waals surface area contributed by atoms with Crippen LogP contribution in [0.3, 0.4) is 0 Å². The molecule has 0 aliphatic carbocycles. The summed E-state index contributed by atoms with van der Waals surface area (Å²) in [5.41, 5.74) is -0.715. The maximum atomic E-state index is 14.5. The smallest absolute Gasteiger partial charge is 0.316 e. The van der Waals surface area contributed by atoms with E-state index in [0.29, 0.717) is 30.8 Å². The number of carbonyl (C=O) groups is 3. The second kappa shape index (κ2) is 21.2. The molecule has 4 bridgehead atoms. The van der Waals surface area contributed by atoms with E-state index < -0.39 is 89.3 Å². The molecule has 4 aliphatic heterocycles. The number of carbonyl (C=O) groups excluding carboxylic acids is 3. The number of hydrogen-bond acceptors (Lipinski definition) is 16. The van der Waals surface area contributed by atoms with Crippen molar-refractivity contribution in [1.82, 2.24) is 19.7 Å². The summed E-state index contributed by atoms with van der Waals surface area (Å²) >= 11 is 1.62. The number of esters is 1. The Balaban J connectivity index is 1.22. The van der Waals surface area contributed by atoms with Crippen molar-refractivity contribution < 1.29 is 53.1 Å². The van der Waals surface area contributed by atoms with Crippen molar-refractivity contribution >= 4 is 40.4 Å². The van der Waals surface area contributed by atoms with Gasteiger partial charge < -0.3 is 43.6 Å². The first kappa shape index (κ1) is 50.6. The maximum Gasteiger partial charge on any atom is 0.316 e. The van der Waals surface area contributed by atoms with E-state index >= 15 is 0 Å². The van der Waals surface area contributed by atoms with E-state index in [-0.39, 0.29) is 50.3 Å². The van der Waals surface area contributed by atoms with Gasteiger partial charge >= 0.3 is 5.97 Å². The number of cyclic esters (lactones) is 1. The number of pyridine rings is 1. The largest absolute Gasteiger partial charge is 0.459 e. The van der Waals surface area contributed by atoms with Crippen LogP contribution in [0.4, 0.5) is 0 Å². The Hall–Kier alpha value is -4.27. The number of aliphatic imine (C=N–C) groups is 1. The predicted molar refractivity (Wildman–Crippen MR) is 251 cm³/mol. The summed E-state index contributed by atoms with van der Waals surface area (Å²) in [6, 6.07) is 9.56. The number of thiophene rings is 1. The minimum absolute atomic E-state index is 0.155. The zero-order valence-corrected chi connectivity index (χ0v) is 41.2. The average Bonchev–Trinajstić information content (AvgIpc) is 4.01. The monoisotopic (exact) mass is 948 g/mol. The van der Waals surface area contributed by atoms with Crippen LogP contribution in [-0.4, -0.2) is 146 Å². The van der Waals surface area contributed by atoms with E-state index in [0.717, 1.165) is 16.1 Å². The third kappa shape index (κ3) is 11.1.